The van der Waals surface area contributed by atoms with Crippen LogP contribution in [0.15, 0.2) is 70.3 Å². The summed E-state index contributed by atoms with van der Waals surface area (Å²) in [6.07, 6.45) is 0.676. The van der Waals surface area contributed by atoms with E-state index in [1.54, 1.807) is 24.3 Å². The molecule has 1 amide bonds. The van der Waals surface area contributed by atoms with Gasteiger partial charge in [0.2, 0.25) is 0 Å². The van der Waals surface area contributed by atoms with Gasteiger partial charge in [0.15, 0.2) is 5.69 Å². The first-order valence-corrected chi connectivity index (χ1v) is 9.92. The summed E-state index contributed by atoms with van der Waals surface area (Å²) in [6.45, 7) is 4.57. The van der Waals surface area contributed by atoms with Gasteiger partial charge in [-0.3, -0.25) is 19.1 Å². The Kier molecular flexibility index (Phi) is 6.51. The number of aromatic nitrogens is 2. The van der Waals surface area contributed by atoms with E-state index in [0.29, 0.717) is 24.4 Å². The molecule has 0 fully saturated rings. The predicted molar refractivity (Wildman–Crippen MR) is 119 cm³/mol. The highest BCUT2D eigenvalue weighted by Gasteiger charge is 2.25. The molecule has 156 valence electrons. The fraction of sp³-hybridized carbons (Fsp3) is 0.261. The van der Waals surface area contributed by atoms with Gasteiger partial charge in [0.25, 0.3) is 11.5 Å². The lowest BCUT2D eigenvalue weighted by molar-refractivity contribution is 0.0985. The number of aromatic amines is 1. The van der Waals surface area contributed by atoms with Crippen LogP contribution in [0.3, 0.4) is 0 Å². The van der Waals surface area contributed by atoms with E-state index in [0.717, 1.165) is 5.56 Å². The number of amides is 1. The van der Waals surface area contributed by atoms with E-state index in [9.17, 15) is 14.4 Å². The van der Waals surface area contributed by atoms with E-state index in [2.05, 4.69) is 4.98 Å². The van der Waals surface area contributed by atoms with Gasteiger partial charge < -0.3 is 10.6 Å². The second-order valence-corrected chi connectivity index (χ2v) is 7.57. The maximum Gasteiger partial charge on any atom is 0.330 e. The third-order valence-electron chi connectivity index (χ3n) is 4.86. The number of hydrogen-bond acceptors (Lipinski definition) is 4. The first-order valence-electron chi connectivity index (χ1n) is 9.92. The minimum atomic E-state index is -0.671. The number of nitrogens with two attached hydrogens (primary N) is 1. The molecule has 1 aromatic heterocycles. The van der Waals surface area contributed by atoms with Crippen LogP contribution in [0.5, 0.6) is 0 Å². The largest absolute Gasteiger partial charge is 0.383 e. The molecule has 0 saturated carbocycles. The monoisotopic (exact) mass is 406 g/mol. The quantitative estimate of drug-likeness (QED) is 0.630. The minimum absolute atomic E-state index is 0.0000317. The highest BCUT2D eigenvalue weighted by atomic mass is 16.2. The van der Waals surface area contributed by atoms with E-state index in [1.807, 2.05) is 50.2 Å². The molecule has 0 aliphatic rings. The highest BCUT2D eigenvalue weighted by molar-refractivity contribution is 6.07. The summed E-state index contributed by atoms with van der Waals surface area (Å²) in [6, 6.07) is 18.0. The molecular formula is C23H26N4O3. The van der Waals surface area contributed by atoms with Crippen molar-refractivity contribution in [3.63, 3.8) is 0 Å². The van der Waals surface area contributed by atoms with Crippen LogP contribution in [-0.2, 0) is 6.54 Å². The molecule has 3 N–H and O–H groups in total. The van der Waals surface area contributed by atoms with Gasteiger partial charge in [-0.25, -0.2) is 4.79 Å². The van der Waals surface area contributed by atoms with Crippen molar-refractivity contribution in [2.45, 2.75) is 26.8 Å². The summed E-state index contributed by atoms with van der Waals surface area (Å²) < 4.78 is 1.28. The smallest absolute Gasteiger partial charge is 0.330 e. The van der Waals surface area contributed by atoms with Gasteiger partial charge in [-0.15, -0.1) is 0 Å². The molecule has 30 heavy (non-hydrogen) atoms. The maximum atomic E-state index is 13.2. The number of hydrogen-bond donors (Lipinski definition) is 2. The molecule has 7 heteroatoms. The van der Waals surface area contributed by atoms with Crippen molar-refractivity contribution in [3.8, 4) is 0 Å². The number of nitrogens with zero attached hydrogens (tertiary/aromatic N) is 2. The van der Waals surface area contributed by atoms with Crippen LogP contribution in [0.4, 0.5) is 11.5 Å². The van der Waals surface area contributed by atoms with Crippen LogP contribution < -0.4 is 21.9 Å². The van der Waals surface area contributed by atoms with Gasteiger partial charge in [0.1, 0.15) is 5.82 Å². The lowest BCUT2D eigenvalue weighted by Gasteiger charge is -2.25. The van der Waals surface area contributed by atoms with E-state index in [-0.39, 0.29) is 24.0 Å². The van der Waals surface area contributed by atoms with Crippen molar-refractivity contribution < 1.29 is 4.79 Å². The van der Waals surface area contributed by atoms with E-state index in [1.165, 1.54) is 9.47 Å². The third-order valence-corrected chi connectivity index (χ3v) is 4.86. The Morgan fingerprint density at radius 2 is 1.63 bits per heavy atom. The number of carbonyl (C=O) groups is 1. The number of carbonyl (C=O) groups excluding carboxylic acids is 1. The summed E-state index contributed by atoms with van der Waals surface area (Å²) >= 11 is 0. The highest BCUT2D eigenvalue weighted by Crippen LogP contribution is 2.21. The second-order valence-electron chi connectivity index (χ2n) is 7.57. The molecule has 0 spiro atoms. The molecule has 0 saturated heterocycles. The van der Waals surface area contributed by atoms with Crippen molar-refractivity contribution >= 4 is 17.4 Å². The Balaban J connectivity index is 2.10. The lowest BCUT2D eigenvalue weighted by Crippen LogP contribution is -2.42. The lowest BCUT2D eigenvalue weighted by atomic mass is 10.1. The predicted octanol–water partition coefficient (Wildman–Crippen LogP) is 2.86. The number of nitrogens with one attached hydrogen (secondary N) is 1. The number of rotatable bonds is 7. The Bertz CT molecular complexity index is 1120. The summed E-state index contributed by atoms with van der Waals surface area (Å²) in [7, 11) is 0. The molecule has 0 radical (unpaired) electrons. The fourth-order valence-electron chi connectivity index (χ4n) is 3.20. The number of anilines is 2. The zero-order chi connectivity index (χ0) is 21.7. The second kappa shape index (κ2) is 9.26. The molecule has 0 unspecified atom stereocenters. The first-order chi connectivity index (χ1) is 14.4. The Hall–Kier alpha value is -3.61. The van der Waals surface area contributed by atoms with Gasteiger partial charge >= 0.3 is 5.69 Å². The summed E-state index contributed by atoms with van der Waals surface area (Å²) in [5, 5.41) is 0. The van der Waals surface area contributed by atoms with Gasteiger partial charge in [0, 0.05) is 12.1 Å². The zero-order valence-corrected chi connectivity index (χ0v) is 17.2. The van der Waals surface area contributed by atoms with Gasteiger partial charge in [0.05, 0.1) is 6.54 Å². The first kappa shape index (κ1) is 21.1. The van der Waals surface area contributed by atoms with Crippen molar-refractivity contribution in [1.82, 2.24) is 9.55 Å². The molecular weight excluding hydrogens is 380 g/mol. The molecule has 0 aliphatic heterocycles. The molecule has 3 rings (SSSR count). The zero-order valence-electron chi connectivity index (χ0n) is 17.2. The standard InChI is InChI=1S/C23H26N4O3/c1-16(2)13-14-26(22(29)18-11-7-4-8-12-18)19-20(24)27(23(30)25-21(19)28)15-17-9-5-3-6-10-17/h3-12,16H,13-15,24H2,1-2H3,(H,25,28,30). The molecule has 3 aromatic rings. The third kappa shape index (κ3) is 4.68. The molecule has 2 aromatic carbocycles. The Morgan fingerprint density at radius 3 is 2.23 bits per heavy atom. The molecule has 7 nitrogen and oxygen atoms in total. The Labute approximate surface area is 174 Å². The molecule has 0 aliphatic carbocycles. The van der Waals surface area contributed by atoms with E-state index in [4.69, 9.17) is 5.73 Å². The van der Waals surface area contributed by atoms with Gasteiger partial charge in [-0.05, 0) is 30.0 Å². The molecule has 1 heterocycles. The van der Waals surface area contributed by atoms with Crippen LogP contribution in [0.25, 0.3) is 0 Å². The average Bonchev–Trinajstić information content (AvgIpc) is 2.74. The Morgan fingerprint density at radius 1 is 1.03 bits per heavy atom. The van der Waals surface area contributed by atoms with Crippen LogP contribution in [-0.4, -0.2) is 22.0 Å². The number of nitrogen functional groups attached to an aromatic ring is 1. The molecule has 0 atom stereocenters. The van der Waals surface area contributed by atoms with Crippen molar-refractivity contribution in [3.05, 3.63) is 92.6 Å². The normalized spacial score (nSPS) is 10.9. The van der Waals surface area contributed by atoms with Crippen molar-refractivity contribution in [2.24, 2.45) is 5.92 Å². The van der Waals surface area contributed by atoms with E-state index < -0.39 is 11.2 Å². The number of benzene rings is 2. The van der Waals surface area contributed by atoms with Crippen LogP contribution in [0.1, 0.15) is 36.2 Å². The van der Waals surface area contributed by atoms with Gasteiger partial charge in [-0.1, -0.05) is 62.4 Å². The SMILES string of the molecule is CC(C)CCN(C(=O)c1ccccc1)c1c(N)n(Cc2ccccc2)c(=O)[nH]c1=O. The van der Waals surface area contributed by atoms with Gasteiger partial charge in [-0.2, -0.15) is 0 Å². The maximum absolute atomic E-state index is 13.2. The summed E-state index contributed by atoms with van der Waals surface area (Å²) in [4.78, 5) is 42.2. The average molecular weight is 406 g/mol. The fourth-order valence-corrected chi connectivity index (χ4v) is 3.20. The molecule has 0 bridgehead atoms. The van der Waals surface area contributed by atoms with Crippen LogP contribution in [0, 0.1) is 5.92 Å². The summed E-state index contributed by atoms with van der Waals surface area (Å²) in [5.41, 5.74) is 6.32. The van der Waals surface area contributed by atoms with E-state index >= 15 is 0 Å². The van der Waals surface area contributed by atoms with Crippen molar-refractivity contribution in [1.29, 1.82) is 0 Å². The number of H-pyrrole nitrogens is 1. The van der Waals surface area contributed by atoms with Crippen molar-refractivity contribution in [2.75, 3.05) is 17.2 Å². The van der Waals surface area contributed by atoms with Crippen LogP contribution >= 0.6 is 0 Å². The summed E-state index contributed by atoms with van der Waals surface area (Å²) in [5.74, 6) is -0.0504. The van der Waals surface area contributed by atoms with Crippen LogP contribution in [0.2, 0.25) is 0 Å². The topological polar surface area (TPSA) is 101 Å². The minimum Gasteiger partial charge on any atom is -0.383 e.